The molecule has 0 fully saturated rings. The second kappa shape index (κ2) is 5.42. The number of nitrogens with one attached hydrogen (secondary N) is 1. The van der Waals surface area contributed by atoms with Crippen molar-refractivity contribution in [3.05, 3.63) is 18.2 Å². The van der Waals surface area contributed by atoms with Crippen LogP contribution >= 0.6 is 0 Å². The zero-order valence-electron chi connectivity index (χ0n) is 8.62. The lowest BCUT2D eigenvalue weighted by Crippen LogP contribution is -2.11. The number of carbonyl (C=O) groups excluding carboxylic acids is 1. The van der Waals surface area contributed by atoms with Crippen LogP contribution in [0.4, 0.5) is 0 Å². The quantitative estimate of drug-likeness (QED) is 0.727. The maximum absolute atomic E-state index is 11.1. The van der Waals surface area contributed by atoms with E-state index in [2.05, 4.69) is 9.97 Å². The first-order valence-electron chi connectivity index (χ1n) is 4.85. The van der Waals surface area contributed by atoms with Crippen molar-refractivity contribution >= 4 is 5.97 Å². The molecule has 1 rings (SSSR count). The van der Waals surface area contributed by atoms with E-state index in [9.17, 15) is 4.79 Å². The van der Waals surface area contributed by atoms with Crippen LogP contribution in [0.2, 0.25) is 0 Å². The van der Waals surface area contributed by atoms with E-state index in [1.165, 1.54) is 0 Å². The maximum Gasteiger partial charge on any atom is 0.306 e. The topological polar surface area (TPSA) is 55.0 Å². The summed E-state index contributed by atoms with van der Waals surface area (Å²) in [7, 11) is 0. The van der Waals surface area contributed by atoms with Gasteiger partial charge in [0.2, 0.25) is 0 Å². The molecule has 0 amide bonds. The third-order valence-corrected chi connectivity index (χ3v) is 1.94. The number of imidazole rings is 1. The van der Waals surface area contributed by atoms with Crippen molar-refractivity contribution in [2.75, 3.05) is 6.61 Å². The van der Waals surface area contributed by atoms with Gasteiger partial charge in [-0.25, -0.2) is 4.98 Å². The molecule has 0 spiro atoms. The highest BCUT2D eigenvalue weighted by atomic mass is 16.5. The van der Waals surface area contributed by atoms with Crippen LogP contribution in [-0.2, 0) is 16.0 Å². The van der Waals surface area contributed by atoms with E-state index in [1.807, 2.05) is 13.8 Å². The van der Waals surface area contributed by atoms with Crippen LogP contribution in [0.3, 0.4) is 0 Å². The lowest BCUT2D eigenvalue weighted by molar-refractivity contribution is -0.144. The first-order chi connectivity index (χ1) is 6.72. The average molecular weight is 196 g/mol. The molecule has 0 bridgehead atoms. The molecule has 0 aliphatic rings. The predicted octanol–water partition coefficient (Wildman–Crippen LogP) is 1.54. The van der Waals surface area contributed by atoms with E-state index in [0.29, 0.717) is 13.0 Å². The molecule has 1 aromatic heterocycles. The molecule has 1 heterocycles. The maximum atomic E-state index is 11.1. The molecule has 1 aromatic rings. The van der Waals surface area contributed by atoms with Gasteiger partial charge in [-0.3, -0.25) is 4.79 Å². The van der Waals surface area contributed by atoms with E-state index in [-0.39, 0.29) is 11.9 Å². The number of hydrogen-bond acceptors (Lipinski definition) is 3. The van der Waals surface area contributed by atoms with Gasteiger partial charge >= 0.3 is 5.97 Å². The van der Waals surface area contributed by atoms with Crippen LogP contribution in [0.15, 0.2) is 12.5 Å². The van der Waals surface area contributed by atoms with E-state index in [1.54, 1.807) is 12.5 Å². The number of hydrogen-bond donors (Lipinski definition) is 1. The minimum Gasteiger partial charge on any atom is -0.466 e. The fraction of sp³-hybridized carbons (Fsp3) is 0.600. The zero-order chi connectivity index (χ0) is 10.4. The van der Waals surface area contributed by atoms with E-state index >= 15 is 0 Å². The number of ether oxygens (including phenoxy) is 1. The molecule has 14 heavy (non-hydrogen) atoms. The van der Waals surface area contributed by atoms with Gasteiger partial charge in [-0.2, -0.15) is 0 Å². The Morgan fingerprint density at radius 3 is 3.07 bits per heavy atom. The summed E-state index contributed by atoms with van der Waals surface area (Å²) in [4.78, 5) is 18.1. The molecule has 0 aliphatic carbocycles. The summed E-state index contributed by atoms with van der Waals surface area (Å²) in [6, 6.07) is 0. The SMILES string of the molecule is CCOC(=O)CC(C)Cc1cnc[nH]1. The zero-order valence-corrected chi connectivity index (χ0v) is 8.62. The standard InChI is InChI=1S/C10H16N2O2/c1-3-14-10(13)5-8(2)4-9-6-11-7-12-9/h6-8H,3-5H2,1-2H3,(H,11,12). The van der Waals surface area contributed by atoms with Crippen molar-refractivity contribution in [2.24, 2.45) is 5.92 Å². The summed E-state index contributed by atoms with van der Waals surface area (Å²) >= 11 is 0. The average Bonchev–Trinajstić information content (AvgIpc) is 2.56. The molecule has 78 valence electrons. The van der Waals surface area contributed by atoms with Crippen molar-refractivity contribution in [1.82, 2.24) is 9.97 Å². The minimum atomic E-state index is -0.125. The van der Waals surface area contributed by atoms with Crippen LogP contribution in [0.25, 0.3) is 0 Å². The Bertz CT molecular complexity index is 270. The largest absolute Gasteiger partial charge is 0.466 e. The van der Waals surface area contributed by atoms with Crippen LogP contribution in [-0.4, -0.2) is 22.5 Å². The Balaban J connectivity index is 2.29. The molecule has 0 aromatic carbocycles. The van der Waals surface area contributed by atoms with Gasteiger partial charge in [0.05, 0.1) is 12.9 Å². The van der Waals surface area contributed by atoms with E-state index in [0.717, 1.165) is 12.1 Å². The minimum absolute atomic E-state index is 0.125. The molecule has 1 atom stereocenters. The van der Waals surface area contributed by atoms with Gasteiger partial charge in [-0.15, -0.1) is 0 Å². The van der Waals surface area contributed by atoms with Gasteiger partial charge in [0, 0.05) is 18.3 Å². The number of carbonyl (C=O) groups is 1. The second-order valence-electron chi connectivity index (χ2n) is 3.40. The molecular weight excluding hydrogens is 180 g/mol. The van der Waals surface area contributed by atoms with Crippen molar-refractivity contribution in [3.8, 4) is 0 Å². The molecule has 0 saturated carbocycles. The number of esters is 1. The van der Waals surface area contributed by atoms with Crippen molar-refractivity contribution in [3.63, 3.8) is 0 Å². The lowest BCUT2D eigenvalue weighted by Gasteiger charge is -2.08. The van der Waals surface area contributed by atoms with Crippen LogP contribution < -0.4 is 0 Å². The van der Waals surface area contributed by atoms with Gasteiger partial charge in [-0.05, 0) is 19.3 Å². The van der Waals surface area contributed by atoms with Crippen LogP contribution in [0.1, 0.15) is 26.0 Å². The lowest BCUT2D eigenvalue weighted by atomic mass is 10.0. The van der Waals surface area contributed by atoms with Gasteiger partial charge < -0.3 is 9.72 Å². The number of aromatic nitrogens is 2. The summed E-state index contributed by atoms with van der Waals surface area (Å²) in [5, 5.41) is 0. The van der Waals surface area contributed by atoms with E-state index < -0.39 is 0 Å². The molecule has 4 heteroatoms. The summed E-state index contributed by atoms with van der Waals surface area (Å²) in [6.07, 6.45) is 4.72. The Labute approximate surface area is 83.7 Å². The molecule has 0 saturated heterocycles. The van der Waals surface area contributed by atoms with Crippen LogP contribution in [0, 0.1) is 5.92 Å². The monoisotopic (exact) mass is 196 g/mol. The molecule has 1 N–H and O–H groups in total. The fourth-order valence-electron chi connectivity index (χ4n) is 1.35. The third kappa shape index (κ3) is 3.60. The number of nitrogens with zero attached hydrogens (tertiary/aromatic N) is 1. The highest BCUT2D eigenvalue weighted by Gasteiger charge is 2.10. The smallest absolute Gasteiger partial charge is 0.306 e. The second-order valence-corrected chi connectivity index (χ2v) is 3.40. The first kappa shape index (κ1) is 10.8. The van der Waals surface area contributed by atoms with E-state index in [4.69, 9.17) is 4.74 Å². The van der Waals surface area contributed by atoms with Gasteiger partial charge in [0.1, 0.15) is 0 Å². The summed E-state index contributed by atoms with van der Waals surface area (Å²) in [5.74, 6) is 0.161. The number of aromatic amines is 1. The molecule has 1 unspecified atom stereocenters. The van der Waals surface area contributed by atoms with Gasteiger partial charge in [-0.1, -0.05) is 6.92 Å². The van der Waals surface area contributed by atoms with Crippen molar-refractivity contribution < 1.29 is 9.53 Å². The van der Waals surface area contributed by atoms with Crippen molar-refractivity contribution in [2.45, 2.75) is 26.7 Å². The van der Waals surface area contributed by atoms with Gasteiger partial charge in [0.25, 0.3) is 0 Å². The number of H-pyrrole nitrogens is 1. The highest BCUT2D eigenvalue weighted by molar-refractivity contribution is 5.69. The normalized spacial score (nSPS) is 12.4. The predicted molar refractivity (Wildman–Crippen MR) is 52.7 cm³/mol. The Kier molecular flexibility index (Phi) is 4.16. The molecule has 0 radical (unpaired) electrons. The van der Waals surface area contributed by atoms with Crippen molar-refractivity contribution in [1.29, 1.82) is 0 Å². The highest BCUT2D eigenvalue weighted by Crippen LogP contribution is 2.09. The van der Waals surface area contributed by atoms with Gasteiger partial charge in [0.15, 0.2) is 0 Å². The molecule has 0 aliphatic heterocycles. The Morgan fingerprint density at radius 2 is 2.50 bits per heavy atom. The number of rotatable bonds is 5. The first-order valence-corrected chi connectivity index (χ1v) is 4.85. The van der Waals surface area contributed by atoms with Crippen LogP contribution in [0.5, 0.6) is 0 Å². The fourth-order valence-corrected chi connectivity index (χ4v) is 1.35. The Hall–Kier alpha value is -1.32. The summed E-state index contributed by atoms with van der Waals surface area (Å²) < 4.78 is 4.87. The summed E-state index contributed by atoms with van der Waals surface area (Å²) in [5.41, 5.74) is 1.06. The summed E-state index contributed by atoms with van der Waals surface area (Å²) in [6.45, 7) is 4.30. The molecular formula is C10H16N2O2. The third-order valence-electron chi connectivity index (χ3n) is 1.94. The molecule has 4 nitrogen and oxygen atoms in total. The Morgan fingerprint density at radius 1 is 1.71 bits per heavy atom.